The minimum atomic E-state index is -7.22. The average molecular weight is 1250 g/mol. The highest BCUT2D eigenvalue weighted by Crippen LogP contribution is 2.58. The molecule has 0 bridgehead atoms. The Morgan fingerprint density at radius 1 is 0.233 bits per heavy atom. The first-order chi connectivity index (χ1) is 41.0. The summed E-state index contributed by atoms with van der Waals surface area (Å²) < 4.78 is 294. The van der Waals surface area contributed by atoms with E-state index in [-0.39, 0.29) is 0 Å². The predicted molar refractivity (Wildman–Crippen MR) is 287 cm³/mol. The fourth-order valence-corrected chi connectivity index (χ4v) is 16.5. The Balaban J connectivity index is 0.000000206. The second-order valence-corrected chi connectivity index (χ2v) is 24.4. The molecule has 0 spiro atoms. The molecule has 0 N–H and O–H groups in total. The largest absolute Gasteiger partial charge is 0.255 e. The summed E-state index contributed by atoms with van der Waals surface area (Å²) >= 11 is 0. The van der Waals surface area contributed by atoms with Gasteiger partial charge in [0.25, 0.3) is 7.41 Å². The minimum Gasteiger partial charge on any atom is -0.207 e. The molecule has 10 aromatic rings. The molecule has 0 fully saturated rings. The molecule has 0 aromatic heterocycles. The first-order valence-electron chi connectivity index (χ1n) is 24.5. The van der Waals surface area contributed by atoms with Gasteiger partial charge in [-0.2, -0.15) is 0 Å². The topological polar surface area (TPSA) is 37.1 Å². The number of halogens is 20. The van der Waals surface area contributed by atoms with Gasteiger partial charge in [0.2, 0.25) is 0 Å². The third-order valence-corrected chi connectivity index (χ3v) is 20.8. The molecule has 0 aliphatic rings. The number of hydrogen-bond acceptors (Lipinski definition) is 1. The summed E-state index contributed by atoms with van der Waals surface area (Å²) in [6.07, 6.45) is -7.22. The van der Waals surface area contributed by atoms with Crippen molar-refractivity contribution in [3.05, 3.63) is 298 Å². The van der Waals surface area contributed by atoms with Crippen LogP contribution in [0.25, 0.3) is 0 Å². The lowest BCUT2D eigenvalue weighted by Gasteiger charge is -2.44. The lowest BCUT2D eigenvalue weighted by molar-refractivity contribution is 0.378. The Hall–Kier alpha value is -8.88. The van der Waals surface area contributed by atoms with E-state index in [9.17, 15) is 52.7 Å². The molecule has 0 radical (unpaired) electrons. The van der Waals surface area contributed by atoms with Crippen LogP contribution in [0.2, 0.25) is 0 Å². The Morgan fingerprint density at radius 3 is 0.605 bits per heavy atom. The maximum absolute atomic E-state index is 15.4. The van der Waals surface area contributed by atoms with Gasteiger partial charge in [0.05, 0.1) is 7.05 Å². The van der Waals surface area contributed by atoms with Crippen molar-refractivity contribution in [2.45, 2.75) is 0 Å². The summed E-state index contributed by atoms with van der Waals surface area (Å²) in [4.78, 5) is 10.6. The molecule has 86 heavy (non-hydrogen) atoms. The molecular formula is C60H30BF20N3P2. The van der Waals surface area contributed by atoms with Crippen molar-refractivity contribution in [2.75, 3.05) is 0 Å². The van der Waals surface area contributed by atoms with Crippen LogP contribution in [0.5, 0.6) is 0 Å². The van der Waals surface area contributed by atoms with Crippen LogP contribution in [0.4, 0.5) is 87.8 Å². The third kappa shape index (κ3) is 10.0. The highest BCUT2D eigenvalue weighted by molar-refractivity contribution is 7.94. The highest BCUT2D eigenvalue weighted by Gasteiger charge is 2.53. The maximum Gasteiger partial charge on any atom is 0.255 e. The number of nitrogens with zero attached hydrogens (tertiary/aromatic N) is 3. The van der Waals surface area contributed by atoms with Crippen LogP contribution in [0.3, 0.4) is 0 Å². The molecule has 0 aliphatic carbocycles. The lowest BCUT2D eigenvalue weighted by Crippen LogP contribution is -2.81. The molecule has 0 saturated heterocycles. The molecule has 0 atom stereocenters. The minimum absolute atomic E-state index is 1.14. The number of hydrogen-bond donors (Lipinski definition) is 0. The second kappa shape index (κ2) is 24.6. The smallest absolute Gasteiger partial charge is 0.207 e. The Bertz CT molecular complexity index is 3710. The van der Waals surface area contributed by atoms with Crippen molar-refractivity contribution in [1.82, 2.24) is 0 Å². The van der Waals surface area contributed by atoms with Gasteiger partial charge >= 0.3 is 0 Å². The van der Waals surface area contributed by atoms with Crippen molar-refractivity contribution in [3.63, 3.8) is 0 Å². The highest BCUT2D eigenvalue weighted by atomic mass is 31.2. The standard InChI is InChI=1S/C36H30N3P2.C24BF20/c1-7-19-31(20-8-1)40(32-21-9-2-10-22-32,33-23-11-3-12-24-33)38-37-39-41(34-25-13-4-14-26-34,35-27-15-5-16-28-35)36-29-17-6-18-30-36;26-5-1(6(27)14(35)21(42)13(5)34)25(2-7(28)15(36)22(43)16(37)8(2)29,3-9(30)17(38)23(44)18(39)10(3)31)4-11(32)19(40)24(45)20(41)12(4)33/h1-30H;/q+1;-1/b38-37+;. The van der Waals surface area contributed by atoms with Crippen LogP contribution in [-0.4, -0.2) is 6.15 Å². The lowest BCUT2D eigenvalue weighted by atomic mass is 9.12. The van der Waals surface area contributed by atoms with Gasteiger partial charge in [-0.05, 0) is 41.6 Å². The fraction of sp³-hybridized carbons (Fsp3) is 0. The first-order valence-corrected chi connectivity index (χ1v) is 28.0. The average Bonchev–Trinajstić information content (AvgIpc) is 0.719. The van der Waals surface area contributed by atoms with Crippen LogP contribution < -0.4 is 53.7 Å². The molecule has 0 saturated carbocycles. The van der Waals surface area contributed by atoms with Crippen molar-refractivity contribution in [2.24, 2.45) is 15.0 Å². The van der Waals surface area contributed by atoms with Crippen LogP contribution in [0.15, 0.2) is 197 Å². The van der Waals surface area contributed by atoms with Gasteiger partial charge in [-0.25, -0.2) is 87.8 Å². The van der Waals surface area contributed by atoms with Crippen LogP contribution in [0.1, 0.15) is 0 Å². The second-order valence-electron chi connectivity index (χ2n) is 18.4. The number of benzene rings is 10. The molecule has 0 unspecified atom stereocenters. The molecule has 26 heteroatoms. The summed E-state index contributed by atoms with van der Waals surface area (Å²) in [5.74, 6) is -71.4. The van der Waals surface area contributed by atoms with Gasteiger partial charge in [0.1, 0.15) is 68.6 Å². The quantitative estimate of drug-likeness (QED) is 0.0222. The molecule has 438 valence electrons. The van der Waals surface area contributed by atoms with E-state index in [1.807, 2.05) is 36.4 Å². The SMILES string of the molecule is Fc1c(F)c(F)c([B-](c2c(F)c(F)c(F)c(F)c2F)(c2c(F)c(F)c(F)c(F)c2F)c2c(F)c(F)c(F)c(F)c2F)c(F)c1F.c1ccc(P(=N/N=N/[P+](c2ccccc2)(c2ccccc2)c2ccccc2)(c2ccccc2)c2ccccc2)cc1. The summed E-state index contributed by atoms with van der Waals surface area (Å²) in [5.41, 5.74) is -14.3. The summed E-state index contributed by atoms with van der Waals surface area (Å²) in [6, 6.07) is 63.3. The Kier molecular flexibility index (Phi) is 17.7. The fourth-order valence-electron chi connectivity index (χ4n) is 10.1. The van der Waals surface area contributed by atoms with E-state index in [0.717, 1.165) is 31.8 Å². The van der Waals surface area contributed by atoms with Gasteiger partial charge in [0, 0.05) is 20.8 Å². The van der Waals surface area contributed by atoms with Gasteiger partial charge in [-0.15, -0.1) is 26.7 Å². The van der Waals surface area contributed by atoms with Crippen molar-refractivity contribution >= 4 is 74.3 Å². The zero-order valence-electron chi connectivity index (χ0n) is 42.7. The monoisotopic (exact) mass is 1250 g/mol. The summed E-state index contributed by atoms with van der Waals surface area (Å²) in [5, 5.41) is 11.8. The number of rotatable bonds is 12. The molecule has 10 rings (SSSR count). The zero-order chi connectivity index (χ0) is 62.2. The third-order valence-electron chi connectivity index (χ3n) is 13.8. The molecule has 3 nitrogen and oxygen atoms in total. The van der Waals surface area contributed by atoms with Crippen LogP contribution in [-0.2, 0) is 0 Å². The van der Waals surface area contributed by atoms with Crippen LogP contribution in [0, 0.1) is 116 Å². The Morgan fingerprint density at radius 2 is 0.407 bits per heavy atom. The molecular weight excluding hydrogens is 1220 g/mol. The van der Waals surface area contributed by atoms with Crippen molar-refractivity contribution < 1.29 is 87.8 Å². The van der Waals surface area contributed by atoms with Crippen LogP contribution >= 0.6 is 14.5 Å². The van der Waals surface area contributed by atoms with E-state index >= 15 is 35.1 Å². The van der Waals surface area contributed by atoms with E-state index in [1.54, 1.807) is 0 Å². The van der Waals surface area contributed by atoms with Crippen molar-refractivity contribution in [1.29, 1.82) is 0 Å². The molecule has 10 aromatic carbocycles. The van der Waals surface area contributed by atoms with Gasteiger partial charge in [0.15, 0.2) is 69.8 Å². The van der Waals surface area contributed by atoms with Crippen molar-refractivity contribution in [3.8, 4) is 0 Å². The van der Waals surface area contributed by atoms with E-state index in [1.165, 1.54) is 0 Å². The predicted octanol–water partition coefficient (Wildman–Crippen LogP) is 13.3. The van der Waals surface area contributed by atoms with E-state index in [0.29, 0.717) is 0 Å². The summed E-state index contributed by atoms with van der Waals surface area (Å²) in [6.45, 7) is 0. The molecule has 0 amide bonds. The summed E-state index contributed by atoms with van der Waals surface area (Å²) in [7, 11) is -5.06. The molecule has 0 heterocycles. The van der Waals surface area contributed by atoms with Gasteiger partial charge in [-0.3, -0.25) is 0 Å². The normalized spacial score (nSPS) is 11.9. The maximum atomic E-state index is 15.4. The van der Waals surface area contributed by atoms with E-state index in [4.69, 9.17) is 15.0 Å². The van der Waals surface area contributed by atoms with E-state index < -0.39 is 159 Å². The Labute approximate surface area is 473 Å². The zero-order valence-corrected chi connectivity index (χ0v) is 44.5. The van der Waals surface area contributed by atoms with Gasteiger partial charge in [-0.1, -0.05) is 146 Å². The van der Waals surface area contributed by atoms with Gasteiger partial charge < -0.3 is 0 Å². The molecule has 0 aliphatic heterocycles. The first kappa shape index (κ1) is 61.7. The van der Waals surface area contributed by atoms with E-state index in [2.05, 4.69) is 146 Å².